The van der Waals surface area contributed by atoms with Crippen molar-refractivity contribution in [2.45, 2.75) is 32.6 Å². The highest BCUT2D eigenvalue weighted by Crippen LogP contribution is 2.39. The zero-order valence-corrected chi connectivity index (χ0v) is 20.4. The molecule has 2 aromatic carbocycles. The molecule has 3 N–H and O–H groups in total. The smallest absolute Gasteiger partial charge is 0.233 e. The van der Waals surface area contributed by atoms with Crippen LogP contribution in [0.25, 0.3) is 10.9 Å². The van der Waals surface area contributed by atoms with Gasteiger partial charge in [0.2, 0.25) is 11.8 Å². The van der Waals surface area contributed by atoms with Crippen molar-refractivity contribution in [2.24, 2.45) is 5.41 Å². The van der Waals surface area contributed by atoms with E-state index in [2.05, 4.69) is 32.8 Å². The molecule has 0 atom stereocenters. The lowest BCUT2D eigenvalue weighted by molar-refractivity contribution is -0.127. The van der Waals surface area contributed by atoms with Crippen LogP contribution in [0.3, 0.4) is 0 Å². The van der Waals surface area contributed by atoms with E-state index < -0.39 is 5.82 Å². The third-order valence-electron chi connectivity index (χ3n) is 6.25. The van der Waals surface area contributed by atoms with Crippen molar-refractivity contribution in [1.29, 1.82) is 0 Å². The molecule has 4 rings (SSSR count). The molecule has 9 nitrogen and oxygen atoms in total. The monoisotopic (exact) mass is 495 g/mol. The van der Waals surface area contributed by atoms with Crippen LogP contribution < -0.4 is 20.7 Å². The Bertz CT molecular complexity index is 1230. The molecule has 1 heterocycles. The molecular weight excluding hydrogens is 465 g/mol. The Morgan fingerprint density at radius 2 is 1.81 bits per heavy atom. The molecule has 0 bridgehead atoms. The Labute approximate surface area is 208 Å². The molecule has 3 aromatic rings. The summed E-state index contributed by atoms with van der Waals surface area (Å²) < 4.78 is 25.3. The Morgan fingerprint density at radius 3 is 2.50 bits per heavy atom. The van der Waals surface area contributed by atoms with Crippen LogP contribution in [0.2, 0.25) is 0 Å². The lowest BCUT2D eigenvalue weighted by Gasteiger charge is -2.38. The van der Waals surface area contributed by atoms with Gasteiger partial charge in [-0.1, -0.05) is 13.3 Å². The van der Waals surface area contributed by atoms with Crippen LogP contribution in [0.1, 0.15) is 32.6 Å². The van der Waals surface area contributed by atoms with Gasteiger partial charge in [-0.15, -0.1) is 0 Å². The third-order valence-corrected chi connectivity index (χ3v) is 6.25. The summed E-state index contributed by atoms with van der Waals surface area (Å²) in [5.41, 5.74) is 1.74. The Kier molecular flexibility index (Phi) is 7.94. The highest BCUT2D eigenvalue weighted by molar-refractivity contribution is 6.03. The molecule has 1 saturated carbocycles. The molecule has 0 saturated heterocycles. The van der Waals surface area contributed by atoms with Crippen molar-refractivity contribution in [3.05, 3.63) is 48.5 Å². The minimum Gasteiger partial charge on any atom is -0.491 e. The number of hydrogen-bond donors (Lipinski definition) is 3. The highest BCUT2D eigenvalue weighted by Gasteiger charge is 2.31. The van der Waals surface area contributed by atoms with Gasteiger partial charge >= 0.3 is 0 Å². The number of methoxy groups -OCH3 is 1. The van der Waals surface area contributed by atoms with Crippen molar-refractivity contribution in [2.75, 3.05) is 37.5 Å². The molecule has 1 aromatic heterocycles. The van der Waals surface area contributed by atoms with E-state index in [-0.39, 0.29) is 29.0 Å². The fourth-order valence-electron chi connectivity index (χ4n) is 3.99. The molecule has 1 aliphatic carbocycles. The number of carbonyl (C=O) groups is 2. The topological polar surface area (TPSA) is 114 Å². The van der Waals surface area contributed by atoms with Gasteiger partial charge in [0.05, 0.1) is 17.5 Å². The molecule has 10 heteroatoms. The van der Waals surface area contributed by atoms with E-state index in [1.165, 1.54) is 18.8 Å². The summed E-state index contributed by atoms with van der Waals surface area (Å²) in [6, 6.07) is 9.75. The number of anilines is 3. The quantitative estimate of drug-likeness (QED) is 0.270. The van der Waals surface area contributed by atoms with Crippen molar-refractivity contribution < 1.29 is 23.5 Å². The number of aromatic nitrogens is 2. The van der Waals surface area contributed by atoms with Gasteiger partial charge in [0.1, 0.15) is 36.7 Å². The number of fused-ring (bicyclic) bond motifs is 1. The lowest BCUT2D eigenvalue weighted by atomic mass is 9.70. The number of nitrogens with one attached hydrogen (secondary N) is 3. The molecule has 1 fully saturated rings. The maximum Gasteiger partial charge on any atom is 0.233 e. The zero-order valence-electron chi connectivity index (χ0n) is 20.4. The third kappa shape index (κ3) is 6.45. The van der Waals surface area contributed by atoms with E-state index in [9.17, 15) is 14.0 Å². The van der Waals surface area contributed by atoms with Crippen LogP contribution in [-0.4, -0.2) is 48.7 Å². The first-order valence-corrected chi connectivity index (χ1v) is 11.8. The molecule has 0 spiro atoms. The van der Waals surface area contributed by atoms with E-state index in [0.717, 1.165) is 12.8 Å². The molecule has 0 aliphatic heterocycles. The first kappa shape index (κ1) is 25.3. The first-order valence-electron chi connectivity index (χ1n) is 11.8. The summed E-state index contributed by atoms with van der Waals surface area (Å²) in [5.74, 6) is -0.540. The van der Waals surface area contributed by atoms with Crippen molar-refractivity contribution in [3.63, 3.8) is 0 Å². The number of benzene rings is 2. The number of carbonyl (C=O) groups excluding carboxylic acids is 2. The van der Waals surface area contributed by atoms with Crippen LogP contribution in [0.4, 0.5) is 21.6 Å². The van der Waals surface area contributed by atoms with Gasteiger partial charge in [-0.05, 0) is 42.5 Å². The van der Waals surface area contributed by atoms with E-state index >= 15 is 0 Å². The lowest BCUT2D eigenvalue weighted by Crippen LogP contribution is -2.40. The van der Waals surface area contributed by atoms with Gasteiger partial charge in [0.25, 0.3) is 0 Å². The molecule has 2 amide bonds. The zero-order chi connectivity index (χ0) is 25.5. The molecule has 190 valence electrons. The first-order chi connectivity index (χ1) is 17.3. The molecular formula is C26H30FN5O4. The van der Waals surface area contributed by atoms with Crippen LogP contribution in [-0.2, 0) is 14.3 Å². The second kappa shape index (κ2) is 11.3. The van der Waals surface area contributed by atoms with Crippen molar-refractivity contribution in [3.8, 4) is 5.75 Å². The summed E-state index contributed by atoms with van der Waals surface area (Å²) in [6.07, 6.45) is 4.49. The molecule has 0 radical (unpaired) electrons. The second-order valence-electron chi connectivity index (χ2n) is 9.23. The molecule has 0 unspecified atom stereocenters. The number of nitrogens with zero attached hydrogens (tertiary/aromatic N) is 2. The van der Waals surface area contributed by atoms with E-state index in [0.29, 0.717) is 48.2 Å². The predicted molar refractivity (Wildman–Crippen MR) is 135 cm³/mol. The van der Waals surface area contributed by atoms with E-state index in [1.807, 2.05) is 0 Å². The SMILES string of the molecule is COCCOc1cc(F)c2c(Nc3ccc(NC(=O)CC(=O)NCC4(C)CCC4)cc3)ncnc2c1. The minimum atomic E-state index is -0.517. The second-order valence-corrected chi connectivity index (χ2v) is 9.23. The summed E-state index contributed by atoms with van der Waals surface area (Å²) in [6.45, 7) is 3.42. The van der Waals surface area contributed by atoms with Gasteiger partial charge in [-0.2, -0.15) is 0 Å². The largest absolute Gasteiger partial charge is 0.491 e. The number of rotatable bonds is 11. The highest BCUT2D eigenvalue weighted by atomic mass is 19.1. The Balaban J connectivity index is 1.35. The van der Waals surface area contributed by atoms with E-state index in [1.54, 1.807) is 37.4 Å². The summed E-state index contributed by atoms with van der Waals surface area (Å²) in [4.78, 5) is 32.6. The fraction of sp³-hybridized carbons (Fsp3) is 0.385. The van der Waals surface area contributed by atoms with Gasteiger partial charge < -0.3 is 25.4 Å². The predicted octanol–water partition coefficient (Wildman–Crippen LogP) is 4.17. The van der Waals surface area contributed by atoms with E-state index in [4.69, 9.17) is 9.47 Å². The van der Waals surface area contributed by atoms with Crippen molar-refractivity contribution >= 4 is 39.9 Å². The maximum absolute atomic E-state index is 14.9. The summed E-state index contributed by atoms with van der Waals surface area (Å²) in [5, 5.41) is 8.88. The van der Waals surface area contributed by atoms with Crippen LogP contribution in [0, 0.1) is 11.2 Å². The average molecular weight is 496 g/mol. The maximum atomic E-state index is 14.9. The van der Waals surface area contributed by atoms with Gasteiger partial charge in [0.15, 0.2) is 0 Å². The van der Waals surface area contributed by atoms with Gasteiger partial charge in [0, 0.05) is 37.2 Å². The Hall–Kier alpha value is -3.79. The number of hydrogen-bond acceptors (Lipinski definition) is 7. The van der Waals surface area contributed by atoms with Crippen molar-refractivity contribution in [1.82, 2.24) is 15.3 Å². The number of ether oxygens (including phenoxy) is 2. The average Bonchev–Trinajstić information content (AvgIpc) is 2.83. The normalized spacial score (nSPS) is 14.1. The molecule has 1 aliphatic rings. The van der Waals surface area contributed by atoms with Crippen LogP contribution in [0.5, 0.6) is 5.75 Å². The summed E-state index contributed by atoms with van der Waals surface area (Å²) in [7, 11) is 1.56. The standard InChI is InChI=1S/C26H30FN5O4/c1-26(8-3-9-26)15-28-22(33)14-23(34)31-17-4-6-18(7-5-17)32-25-24-20(27)12-19(36-11-10-35-2)13-21(24)29-16-30-25/h4-7,12-13,16H,3,8-11,14-15H2,1-2H3,(H,28,33)(H,31,34)(H,29,30,32). The van der Waals surface area contributed by atoms with Gasteiger partial charge in [-0.25, -0.2) is 14.4 Å². The number of halogens is 1. The van der Waals surface area contributed by atoms with Gasteiger partial charge in [-0.3, -0.25) is 9.59 Å². The Morgan fingerprint density at radius 1 is 1.06 bits per heavy atom. The van der Waals surface area contributed by atoms with Crippen LogP contribution in [0.15, 0.2) is 42.7 Å². The fourth-order valence-corrected chi connectivity index (χ4v) is 3.99. The minimum absolute atomic E-state index is 0.160. The number of amides is 2. The summed E-state index contributed by atoms with van der Waals surface area (Å²) >= 11 is 0. The van der Waals surface area contributed by atoms with Crippen LogP contribution >= 0.6 is 0 Å². The molecule has 36 heavy (non-hydrogen) atoms.